The van der Waals surface area contributed by atoms with Crippen molar-refractivity contribution in [1.82, 2.24) is 10.3 Å². The first-order chi connectivity index (χ1) is 13.1. The second-order valence-electron chi connectivity index (χ2n) is 6.61. The zero-order valence-electron chi connectivity index (χ0n) is 15.6. The van der Waals surface area contributed by atoms with Gasteiger partial charge >= 0.3 is 0 Å². The molecule has 1 aromatic heterocycles. The maximum atomic E-state index is 12.8. The summed E-state index contributed by atoms with van der Waals surface area (Å²) in [6.45, 7) is 0. The Morgan fingerprint density at radius 1 is 1.04 bits per heavy atom. The van der Waals surface area contributed by atoms with Gasteiger partial charge in [0.15, 0.2) is 11.5 Å². The highest BCUT2D eigenvalue weighted by Crippen LogP contribution is 2.39. The number of aromatic nitrogens is 1. The van der Waals surface area contributed by atoms with Crippen LogP contribution < -0.4 is 19.5 Å². The molecule has 2 N–H and O–H groups in total. The van der Waals surface area contributed by atoms with Crippen LogP contribution in [0.1, 0.15) is 34.1 Å². The fourth-order valence-corrected chi connectivity index (χ4v) is 3.68. The average Bonchev–Trinajstić information content (AvgIpc) is 3.29. The Bertz CT molecular complexity index is 1010. The zero-order chi connectivity index (χ0) is 19.0. The highest BCUT2D eigenvalue weighted by atomic mass is 16.5. The van der Waals surface area contributed by atoms with Crippen molar-refractivity contribution in [1.29, 1.82) is 0 Å². The highest BCUT2D eigenvalue weighted by molar-refractivity contribution is 5.98. The second-order valence-corrected chi connectivity index (χ2v) is 6.61. The van der Waals surface area contributed by atoms with Crippen molar-refractivity contribution in [2.75, 3.05) is 21.3 Å². The van der Waals surface area contributed by atoms with Crippen LogP contribution in [0.3, 0.4) is 0 Å². The summed E-state index contributed by atoms with van der Waals surface area (Å²) in [5, 5.41) is 4.07. The van der Waals surface area contributed by atoms with Crippen molar-refractivity contribution < 1.29 is 19.0 Å². The first kappa shape index (κ1) is 17.3. The molecule has 4 rings (SSSR count). The number of aromatic amines is 1. The Morgan fingerprint density at radius 2 is 1.81 bits per heavy atom. The van der Waals surface area contributed by atoms with E-state index in [1.807, 2.05) is 36.4 Å². The fraction of sp³-hybridized carbons (Fsp3) is 0.286. The molecule has 3 aromatic rings. The number of hydrogen-bond donors (Lipinski definition) is 2. The third-order valence-electron chi connectivity index (χ3n) is 5.10. The van der Waals surface area contributed by atoms with E-state index in [0.29, 0.717) is 17.2 Å². The van der Waals surface area contributed by atoms with E-state index in [1.54, 1.807) is 21.3 Å². The summed E-state index contributed by atoms with van der Waals surface area (Å²) in [5.41, 5.74) is 3.70. The number of methoxy groups -OCH3 is 3. The minimum Gasteiger partial charge on any atom is -0.497 e. The van der Waals surface area contributed by atoms with Crippen LogP contribution >= 0.6 is 0 Å². The predicted molar refractivity (Wildman–Crippen MR) is 103 cm³/mol. The first-order valence-corrected chi connectivity index (χ1v) is 8.85. The van der Waals surface area contributed by atoms with Crippen LogP contribution in [0.5, 0.6) is 17.2 Å². The Hall–Kier alpha value is -3.15. The minimum absolute atomic E-state index is 0.0479. The number of nitrogens with one attached hydrogen (secondary N) is 2. The van der Waals surface area contributed by atoms with Crippen LogP contribution in [0.2, 0.25) is 0 Å². The summed E-state index contributed by atoms with van der Waals surface area (Å²) in [4.78, 5) is 16.0. The molecule has 27 heavy (non-hydrogen) atoms. The lowest BCUT2D eigenvalue weighted by Crippen LogP contribution is -2.27. The van der Waals surface area contributed by atoms with Gasteiger partial charge in [-0.2, -0.15) is 0 Å². The number of fused-ring (bicyclic) bond motifs is 2. The Balaban J connectivity index is 1.58. The molecule has 1 aliphatic carbocycles. The van der Waals surface area contributed by atoms with Crippen molar-refractivity contribution >= 4 is 16.8 Å². The molecule has 1 unspecified atom stereocenters. The lowest BCUT2D eigenvalue weighted by molar-refractivity contribution is 0.0932. The largest absolute Gasteiger partial charge is 0.497 e. The van der Waals surface area contributed by atoms with Gasteiger partial charge < -0.3 is 24.5 Å². The third-order valence-corrected chi connectivity index (χ3v) is 5.10. The van der Waals surface area contributed by atoms with Crippen LogP contribution in [-0.2, 0) is 6.42 Å². The quantitative estimate of drug-likeness (QED) is 0.724. The Kier molecular flexibility index (Phi) is 4.39. The number of carbonyl (C=O) groups excluding carboxylic acids is 1. The average molecular weight is 366 g/mol. The maximum Gasteiger partial charge on any atom is 0.268 e. The summed E-state index contributed by atoms with van der Waals surface area (Å²) in [6.07, 6.45) is 1.75. The van der Waals surface area contributed by atoms with Gasteiger partial charge in [0.2, 0.25) is 0 Å². The molecule has 0 saturated carbocycles. The number of hydrogen-bond acceptors (Lipinski definition) is 4. The standard InChI is InChI=1S/C21H22N2O4/c1-25-14-5-7-16-13(8-14)9-18(22-16)21(24)23-17-6-4-12-10-19(26-2)20(27-3)11-15(12)17/h5,7-11,17,22H,4,6H2,1-3H3,(H,23,24). The van der Waals surface area contributed by atoms with Crippen molar-refractivity contribution in [3.8, 4) is 17.2 Å². The topological polar surface area (TPSA) is 72.6 Å². The molecule has 6 nitrogen and oxygen atoms in total. The minimum atomic E-state index is -0.127. The van der Waals surface area contributed by atoms with Gasteiger partial charge in [-0.3, -0.25) is 4.79 Å². The van der Waals surface area contributed by atoms with E-state index in [9.17, 15) is 4.79 Å². The lowest BCUT2D eigenvalue weighted by atomic mass is 10.1. The second kappa shape index (κ2) is 6.87. The summed E-state index contributed by atoms with van der Waals surface area (Å²) in [7, 11) is 4.87. The normalized spacial score (nSPS) is 15.4. The third kappa shape index (κ3) is 3.07. The van der Waals surface area contributed by atoms with Crippen LogP contribution in [0.15, 0.2) is 36.4 Å². The van der Waals surface area contributed by atoms with Crippen molar-refractivity contribution in [2.24, 2.45) is 0 Å². The number of benzene rings is 2. The number of amides is 1. The molecule has 1 heterocycles. The van der Waals surface area contributed by atoms with Crippen LogP contribution in [0.4, 0.5) is 0 Å². The van der Waals surface area contributed by atoms with Crippen molar-refractivity contribution in [3.63, 3.8) is 0 Å². The number of aryl methyl sites for hydroxylation is 1. The molecule has 1 aliphatic rings. The van der Waals surface area contributed by atoms with E-state index in [-0.39, 0.29) is 11.9 Å². The zero-order valence-corrected chi connectivity index (χ0v) is 15.6. The molecule has 1 atom stereocenters. The summed E-state index contributed by atoms with van der Waals surface area (Å²) < 4.78 is 16.0. The monoisotopic (exact) mass is 366 g/mol. The molecule has 0 fully saturated rings. The molecular formula is C21H22N2O4. The Morgan fingerprint density at radius 3 is 2.56 bits per heavy atom. The smallest absolute Gasteiger partial charge is 0.268 e. The van der Waals surface area contributed by atoms with Gasteiger partial charge in [0.1, 0.15) is 11.4 Å². The summed E-state index contributed by atoms with van der Waals surface area (Å²) >= 11 is 0. The molecular weight excluding hydrogens is 344 g/mol. The number of rotatable bonds is 5. The molecule has 0 bridgehead atoms. The lowest BCUT2D eigenvalue weighted by Gasteiger charge is -2.16. The van der Waals surface area contributed by atoms with Gasteiger partial charge in [-0.15, -0.1) is 0 Å². The predicted octanol–water partition coefficient (Wildman–Crippen LogP) is 3.61. The van der Waals surface area contributed by atoms with Gasteiger partial charge in [-0.25, -0.2) is 0 Å². The van der Waals surface area contributed by atoms with E-state index in [1.165, 1.54) is 5.56 Å². The number of ether oxygens (including phenoxy) is 3. The SMILES string of the molecule is COc1ccc2[nH]c(C(=O)NC3CCc4cc(OC)c(OC)cc43)cc2c1. The van der Waals surface area contributed by atoms with Crippen molar-refractivity contribution in [3.05, 3.63) is 53.2 Å². The Labute approximate surface area is 157 Å². The number of carbonyl (C=O) groups is 1. The summed E-state index contributed by atoms with van der Waals surface area (Å²) in [6, 6.07) is 11.4. The first-order valence-electron chi connectivity index (χ1n) is 8.85. The van der Waals surface area contributed by atoms with E-state index in [0.717, 1.165) is 35.1 Å². The van der Waals surface area contributed by atoms with E-state index in [2.05, 4.69) is 10.3 Å². The summed E-state index contributed by atoms with van der Waals surface area (Å²) in [5.74, 6) is 2.03. The molecule has 2 aromatic carbocycles. The van der Waals surface area contributed by atoms with Gasteiger partial charge in [-0.05, 0) is 60.4 Å². The van der Waals surface area contributed by atoms with Gasteiger partial charge in [0.25, 0.3) is 5.91 Å². The van der Waals surface area contributed by atoms with Crippen molar-refractivity contribution in [2.45, 2.75) is 18.9 Å². The highest BCUT2D eigenvalue weighted by Gasteiger charge is 2.27. The molecule has 0 saturated heterocycles. The van der Waals surface area contributed by atoms with E-state index in [4.69, 9.17) is 14.2 Å². The fourth-order valence-electron chi connectivity index (χ4n) is 3.68. The van der Waals surface area contributed by atoms with E-state index < -0.39 is 0 Å². The molecule has 6 heteroatoms. The van der Waals surface area contributed by atoms with E-state index >= 15 is 0 Å². The molecule has 140 valence electrons. The molecule has 0 spiro atoms. The van der Waals surface area contributed by atoms with Gasteiger partial charge in [0.05, 0.1) is 27.4 Å². The molecule has 0 aliphatic heterocycles. The number of H-pyrrole nitrogens is 1. The van der Waals surface area contributed by atoms with Crippen LogP contribution in [0.25, 0.3) is 10.9 Å². The van der Waals surface area contributed by atoms with Crippen LogP contribution in [-0.4, -0.2) is 32.2 Å². The molecule has 0 radical (unpaired) electrons. The van der Waals surface area contributed by atoms with Gasteiger partial charge in [-0.1, -0.05) is 0 Å². The maximum absolute atomic E-state index is 12.8. The molecule has 1 amide bonds. The van der Waals surface area contributed by atoms with Gasteiger partial charge in [0, 0.05) is 10.9 Å². The van der Waals surface area contributed by atoms with Crippen LogP contribution in [0, 0.1) is 0 Å².